The Kier molecular flexibility index (Phi) is 6.61. The number of aliphatic hydroxyl groups excluding tert-OH is 1. The second kappa shape index (κ2) is 8.47. The quantitative estimate of drug-likeness (QED) is 0.548. The van der Waals surface area contributed by atoms with E-state index in [-0.39, 0.29) is 16.8 Å². The summed E-state index contributed by atoms with van der Waals surface area (Å²) < 4.78 is 0.697. The van der Waals surface area contributed by atoms with Crippen LogP contribution >= 0.6 is 23.1 Å². The number of aromatic nitrogens is 1. The summed E-state index contributed by atoms with van der Waals surface area (Å²) in [6.45, 7) is 2.49. The molecule has 0 aliphatic carbocycles. The number of thiazole rings is 1. The van der Waals surface area contributed by atoms with Crippen molar-refractivity contribution in [3.05, 3.63) is 23.2 Å². The smallest absolute Gasteiger partial charge is 0.347 e. The molecule has 2 heterocycles. The van der Waals surface area contributed by atoms with E-state index in [0.717, 1.165) is 17.8 Å². The van der Waals surface area contributed by atoms with Crippen molar-refractivity contribution in [2.75, 3.05) is 12.3 Å². The van der Waals surface area contributed by atoms with E-state index in [1.54, 1.807) is 6.08 Å². The summed E-state index contributed by atoms with van der Waals surface area (Å²) in [7, 11) is 0. The van der Waals surface area contributed by atoms with Gasteiger partial charge in [-0.15, -0.1) is 11.3 Å². The van der Waals surface area contributed by atoms with E-state index >= 15 is 0 Å². The lowest BCUT2D eigenvalue weighted by Gasteiger charge is -2.22. The highest BCUT2D eigenvalue weighted by Crippen LogP contribution is 2.26. The van der Waals surface area contributed by atoms with Gasteiger partial charge in [0, 0.05) is 18.7 Å². The van der Waals surface area contributed by atoms with Crippen molar-refractivity contribution in [3.63, 3.8) is 0 Å². The zero-order chi connectivity index (χ0) is 16.8. The molecule has 1 saturated heterocycles. The van der Waals surface area contributed by atoms with Gasteiger partial charge in [0.15, 0.2) is 4.34 Å². The first-order chi connectivity index (χ1) is 11.0. The molecule has 0 unspecified atom stereocenters. The van der Waals surface area contributed by atoms with Gasteiger partial charge in [0.25, 0.3) is 0 Å². The van der Waals surface area contributed by atoms with E-state index < -0.39 is 12.1 Å². The fourth-order valence-corrected chi connectivity index (χ4v) is 4.13. The third kappa shape index (κ3) is 5.05. The second-order valence-electron chi connectivity index (χ2n) is 5.20. The lowest BCUT2D eigenvalue weighted by Crippen LogP contribution is -2.33. The molecule has 8 heteroatoms. The average Bonchev–Trinajstić information content (AvgIpc) is 3.13. The Labute approximate surface area is 143 Å². The van der Waals surface area contributed by atoms with Crippen LogP contribution in [0, 0.1) is 0 Å². The number of likely N-dealkylation sites (tertiary alicyclic amines) is 1. The summed E-state index contributed by atoms with van der Waals surface area (Å²) in [5.41, 5.74) is 0. The fraction of sp³-hybridized carbons (Fsp3) is 0.533. The summed E-state index contributed by atoms with van der Waals surface area (Å²) in [4.78, 5) is 28.9. The largest absolute Gasteiger partial charge is 0.477 e. The molecule has 1 amide bonds. The van der Waals surface area contributed by atoms with E-state index in [1.165, 1.54) is 18.0 Å². The summed E-state index contributed by atoms with van der Waals surface area (Å²) in [6, 6.07) is 0.0372. The van der Waals surface area contributed by atoms with Crippen molar-refractivity contribution in [2.45, 2.75) is 42.7 Å². The van der Waals surface area contributed by atoms with E-state index in [1.807, 2.05) is 17.9 Å². The fourth-order valence-electron chi connectivity index (χ4n) is 2.29. The maximum Gasteiger partial charge on any atom is 0.347 e. The van der Waals surface area contributed by atoms with Gasteiger partial charge in [0.1, 0.15) is 4.88 Å². The van der Waals surface area contributed by atoms with Crippen molar-refractivity contribution in [1.29, 1.82) is 0 Å². The number of carboxylic acids is 1. The monoisotopic (exact) mass is 356 g/mol. The highest BCUT2D eigenvalue weighted by molar-refractivity contribution is 8.01. The maximum absolute atomic E-state index is 12.0. The molecule has 1 aromatic rings. The van der Waals surface area contributed by atoms with Crippen LogP contribution in [0.3, 0.4) is 0 Å². The molecule has 0 spiro atoms. The van der Waals surface area contributed by atoms with Crippen LogP contribution in [-0.4, -0.2) is 56.4 Å². The zero-order valence-corrected chi connectivity index (χ0v) is 14.5. The summed E-state index contributed by atoms with van der Waals surface area (Å²) >= 11 is 2.60. The molecule has 6 nitrogen and oxygen atoms in total. The third-order valence-corrected chi connectivity index (χ3v) is 5.72. The number of amides is 1. The Hall–Kier alpha value is -1.38. The van der Waals surface area contributed by atoms with E-state index in [4.69, 9.17) is 5.11 Å². The van der Waals surface area contributed by atoms with Crippen LogP contribution in [0.15, 0.2) is 22.7 Å². The predicted octanol–water partition coefficient (Wildman–Crippen LogP) is 2.25. The Morgan fingerprint density at radius 2 is 2.43 bits per heavy atom. The van der Waals surface area contributed by atoms with Crippen molar-refractivity contribution in [2.24, 2.45) is 0 Å². The number of carboxylic acid groups (broad SMARTS) is 1. The van der Waals surface area contributed by atoms with E-state index in [2.05, 4.69) is 4.98 Å². The minimum Gasteiger partial charge on any atom is -0.477 e. The topological polar surface area (TPSA) is 90.7 Å². The normalized spacial score (nSPS) is 19.7. The Morgan fingerprint density at radius 3 is 3.09 bits per heavy atom. The molecule has 0 aromatic carbocycles. The van der Waals surface area contributed by atoms with Gasteiger partial charge in [-0.05, 0) is 12.8 Å². The summed E-state index contributed by atoms with van der Waals surface area (Å²) in [5.74, 6) is -0.181. The predicted molar refractivity (Wildman–Crippen MR) is 90.0 cm³/mol. The lowest BCUT2D eigenvalue weighted by molar-refractivity contribution is -0.128. The first kappa shape index (κ1) is 18.0. The molecule has 1 aromatic heterocycles. The minimum absolute atomic E-state index is 0.0372. The van der Waals surface area contributed by atoms with Crippen molar-refractivity contribution in [3.8, 4) is 0 Å². The van der Waals surface area contributed by atoms with Gasteiger partial charge in [0.2, 0.25) is 5.91 Å². The molecule has 0 bridgehead atoms. The van der Waals surface area contributed by atoms with Crippen LogP contribution < -0.4 is 0 Å². The SMILES string of the molecule is CC[C@H](O)/C=C/[C@H]1CCC(=O)N1CCSc1ncc(C(=O)O)s1. The number of aromatic carboxylic acids is 1. The second-order valence-corrected chi connectivity index (χ2v) is 7.57. The molecule has 1 aliphatic heterocycles. The van der Waals surface area contributed by atoms with E-state index in [0.29, 0.717) is 29.5 Å². The average molecular weight is 356 g/mol. The standard InChI is InChI=1S/C15H20N2O4S2/c1-2-11(18)5-3-10-4-6-13(19)17(10)7-8-22-15-16-9-12(23-15)14(20)21/h3,5,9-11,18H,2,4,6-8H2,1H3,(H,20,21)/b5-3+/t10-,11-/m0/s1. The van der Waals surface area contributed by atoms with Gasteiger partial charge in [-0.2, -0.15) is 0 Å². The summed E-state index contributed by atoms with van der Waals surface area (Å²) in [5, 5.41) is 18.5. The van der Waals surface area contributed by atoms with Gasteiger partial charge >= 0.3 is 5.97 Å². The molecule has 1 aliphatic rings. The molecular formula is C15H20N2O4S2. The first-order valence-corrected chi connectivity index (χ1v) is 9.29. The van der Waals surface area contributed by atoms with Gasteiger partial charge in [-0.3, -0.25) is 4.79 Å². The Balaban J connectivity index is 1.85. The Bertz CT molecular complexity index is 588. The van der Waals surface area contributed by atoms with E-state index in [9.17, 15) is 14.7 Å². The zero-order valence-electron chi connectivity index (χ0n) is 12.8. The van der Waals surface area contributed by atoms with Crippen LogP contribution in [0.4, 0.5) is 0 Å². The first-order valence-electron chi connectivity index (χ1n) is 7.49. The van der Waals surface area contributed by atoms with Gasteiger partial charge in [-0.1, -0.05) is 30.8 Å². The van der Waals surface area contributed by atoms with Crippen molar-refractivity contribution >= 4 is 35.0 Å². The van der Waals surface area contributed by atoms with Gasteiger partial charge in [-0.25, -0.2) is 9.78 Å². The number of rotatable bonds is 8. The molecule has 2 atom stereocenters. The molecule has 0 radical (unpaired) electrons. The highest BCUT2D eigenvalue weighted by atomic mass is 32.2. The van der Waals surface area contributed by atoms with Crippen molar-refractivity contribution < 1.29 is 19.8 Å². The van der Waals surface area contributed by atoms with Crippen molar-refractivity contribution in [1.82, 2.24) is 9.88 Å². The summed E-state index contributed by atoms with van der Waals surface area (Å²) in [6.07, 6.45) is 6.52. The number of thioether (sulfide) groups is 1. The van der Waals surface area contributed by atoms with Crippen LogP contribution in [0.1, 0.15) is 35.9 Å². The van der Waals surface area contributed by atoms with Crippen LogP contribution in [0.5, 0.6) is 0 Å². The van der Waals surface area contributed by atoms with Crippen LogP contribution in [-0.2, 0) is 4.79 Å². The van der Waals surface area contributed by atoms with Crippen LogP contribution in [0.25, 0.3) is 0 Å². The molecule has 2 rings (SSSR count). The Morgan fingerprint density at radius 1 is 1.65 bits per heavy atom. The highest BCUT2D eigenvalue weighted by Gasteiger charge is 2.28. The number of aliphatic hydroxyl groups is 1. The molecular weight excluding hydrogens is 336 g/mol. The maximum atomic E-state index is 12.0. The van der Waals surface area contributed by atoms with Gasteiger partial charge < -0.3 is 15.1 Å². The van der Waals surface area contributed by atoms with Crippen LogP contribution in [0.2, 0.25) is 0 Å². The lowest BCUT2D eigenvalue weighted by atomic mass is 10.1. The molecule has 126 valence electrons. The molecule has 0 saturated carbocycles. The van der Waals surface area contributed by atoms with Gasteiger partial charge in [0.05, 0.1) is 18.3 Å². The number of carbonyl (C=O) groups is 2. The number of hydrogen-bond acceptors (Lipinski definition) is 6. The molecule has 1 fully saturated rings. The molecule has 2 N–H and O–H groups in total. The minimum atomic E-state index is -0.969. The number of carbonyl (C=O) groups excluding carboxylic acids is 1. The molecule has 23 heavy (non-hydrogen) atoms. The third-order valence-electron chi connectivity index (χ3n) is 3.60. The number of nitrogens with zero attached hydrogens (tertiary/aromatic N) is 2. The number of hydrogen-bond donors (Lipinski definition) is 2.